The molecule has 1 aromatic heterocycles. The van der Waals surface area contributed by atoms with Crippen molar-refractivity contribution >= 4 is 15.9 Å². The van der Waals surface area contributed by atoms with Crippen molar-refractivity contribution in [1.29, 1.82) is 0 Å². The summed E-state index contributed by atoms with van der Waals surface area (Å²) in [5, 5.41) is 13.1. The first-order valence-electron chi connectivity index (χ1n) is 6.17. The second-order valence-corrected chi connectivity index (χ2v) is 5.35. The predicted octanol–water partition coefficient (Wildman–Crippen LogP) is 2.51. The number of aromatic nitrogens is 2. The molecule has 0 fully saturated rings. The molecule has 0 aliphatic heterocycles. The standard InChI is InChI=1S/C14H15BrFN3O/c1-9-5-18-14(19-6-9)8-17-7-13(20)10-2-3-12(16)11(15)4-10/h2-6,13,17,20H,7-8H2,1H3. The van der Waals surface area contributed by atoms with Crippen molar-refractivity contribution in [1.82, 2.24) is 15.3 Å². The Morgan fingerprint density at radius 3 is 2.70 bits per heavy atom. The van der Waals surface area contributed by atoms with Crippen molar-refractivity contribution in [2.75, 3.05) is 6.54 Å². The van der Waals surface area contributed by atoms with Gasteiger partial charge in [0.15, 0.2) is 0 Å². The summed E-state index contributed by atoms with van der Waals surface area (Å²) in [5.74, 6) is 0.324. The molecule has 2 N–H and O–H groups in total. The molecule has 0 radical (unpaired) electrons. The van der Waals surface area contributed by atoms with Gasteiger partial charge in [-0.05, 0) is 46.1 Å². The monoisotopic (exact) mass is 339 g/mol. The molecule has 0 spiro atoms. The van der Waals surface area contributed by atoms with E-state index in [1.54, 1.807) is 24.5 Å². The molecule has 0 saturated heterocycles. The van der Waals surface area contributed by atoms with Gasteiger partial charge in [0.2, 0.25) is 0 Å². The molecule has 0 bridgehead atoms. The van der Waals surface area contributed by atoms with Crippen molar-refractivity contribution in [2.45, 2.75) is 19.6 Å². The zero-order valence-electron chi connectivity index (χ0n) is 11.0. The smallest absolute Gasteiger partial charge is 0.141 e. The van der Waals surface area contributed by atoms with Gasteiger partial charge in [-0.2, -0.15) is 0 Å². The molecule has 1 atom stereocenters. The molecular formula is C14H15BrFN3O. The lowest BCUT2D eigenvalue weighted by molar-refractivity contribution is 0.174. The van der Waals surface area contributed by atoms with Gasteiger partial charge in [0.1, 0.15) is 11.6 Å². The number of nitrogens with zero attached hydrogens (tertiary/aromatic N) is 2. The fourth-order valence-corrected chi connectivity index (χ4v) is 2.07. The Hall–Kier alpha value is -1.37. The number of aryl methyl sites for hydroxylation is 1. The highest BCUT2D eigenvalue weighted by molar-refractivity contribution is 9.10. The second-order valence-electron chi connectivity index (χ2n) is 4.50. The number of halogens is 2. The van der Waals surface area contributed by atoms with Gasteiger partial charge >= 0.3 is 0 Å². The summed E-state index contributed by atoms with van der Waals surface area (Å²) in [6, 6.07) is 4.46. The highest BCUT2D eigenvalue weighted by Gasteiger charge is 2.09. The van der Waals surface area contributed by atoms with E-state index in [1.165, 1.54) is 6.07 Å². The zero-order valence-corrected chi connectivity index (χ0v) is 12.6. The molecule has 4 nitrogen and oxygen atoms in total. The van der Waals surface area contributed by atoms with E-state index in [-0.39, 0.29) is 5.82 Å². The van der Waals surface area contributed by atoms with E-state index in [2.05, 4.69) is 31.2 Å². The Bertz CT molecular complexity index is 577. The third-order valence-electron chi connectivity index (χ3n) is 2.78. The topological polar surface area (TPSA) is 58.0 Å². The summed E-state index contributed by atoms with van der Waals surface area (Å²) in [6.07, 6.45) is 2.78. The number of hydrogen-bond donors (Lipinski definition) is 2. The van der Waals surface area contributed by atoms with Crippen LogP contribution >= 0.6 is 15.9 Å². The summed E-state index contributed by atoms with van der Waals surface area (Å²) < 4.78 is 13.5. The van der Waals surface area contributed by atoms with Crippen molar-refractivity contribution in [3.63, 3.8) is 0 Å². The maximum Gasteiger partial charge on any atom is 0.141 e. The largest absolute Gasteiger partial charge is 0.387 e. The molecular weight excluding hydrogens is 325 g/mol. The minimum Gasteiger partial charge on any atom is -0.387 e. The number of benzene rings is 1. The zero-order chi connectivity index (χ0) is 14.5. The lowest BCUT2D eigenvalue weighted by Crippen LogP contribution is -2.22. The molecule has 20 heavy (non-hydrogen) atoms. The van der Waals surface area contributed by atoms with E-state index in [0.29, 0.717) is 29.0 Å². The van der Waals surface area contributed by atoms with Gasteiger partial charge in [-0.3, -0.25) is 0 Å². The van der Waals surface area contributed by atoms with Gasteiger partial charge < -0.3 is 10.4 Å². The highest BCUT2D eigenvalue weighted by atomic mass is 79.9. The van der Waals surface area contributed by atoms with Crippen LogP contribution in [0.1, 0.15) is 23.1 Å². The fourth-order valence-electron chi connectivity index (χ4n) is 1.67. The quantitative estimate of drug-likeness (QED) is 0.878. The van der Waals surface area contributed by atoms with Crippen LogP contribution in [0, 0.1) is 12.7 Å². The van der Waals surface area contributed by atoms with Gasteiger partial charge in [-0.1, -0.05) is 6.07 Å². The SMILES string of the molecule is Cc1cnc(CNCC(O)c2ccc(F)c(Br)c2)nc1. The van der Waals surface area contributed by atoms with Crippen LogP contribution in [-0.4, -0.2) is 21.6 Å². The average molecular weight is 340 g/mol. The molecule has 0 aliphatic rings. The van der Waals surface area contributed by atoms with Crippen LogP contribution in [0.4, 0.5) is 4.39 Å². The lowest BCUT2D eigenvalue weighted by Gasteiger charge is -2.12. The Kier molecular flexibility index (Phi) is 5.17. The number of nitrogens with one attached hydrogen (secondary N) is 1. The van der Waals surface area contributed by atoms with Crippen LogP contribution in [0.3, 0.4) is 0 Å². The van der Waals surface area contributed by atoms with Gasteiger partial charge in [0, 0.05) is 18.9 Å². The number of aliphatic hydroxyl groups is 1. The van der Waals surface area contributed by atoms with E-state index in [4.69, 9.17) is 0 Å². The maximum atomic E-state index is 13.1. The minimum atomic E-state index is -0.711. The summed E-state index contributed by atoms with van der Waals surface area (Å²) >= 11 is 3.10. The van der Waals surface area contributed by atoms with Crippen molar-refractivity contribution in [3.05, 3.63) is 57.8 Å². The molecule has 1 aromatic carbocycles. The van der Waals surface area contributed by atoms with Crippen LogP contribution in [0.5, 0.6) is 0 Å². The van der Waals surface area contributed by atoms with Crippen molar-refractivity contribution in [3.8, 4) is 0 Å². The van der Waals surface area contributed by atoms with Gasteiger partial charge in [0.25, 0.3) is 0 Å². The summed E-state index contributed by atoms with van der Waals surface area (Å²) in [6.45, 7) is 2.74. The van der Waals surface area contributed by atoms with Crippen molar-refractivity contribution < 1.29 is 9.50 Å². The fraction of sp³-hybridized carbons (Fsp3) is 0.286. The number of hydrogen-bond acceptors (Lipinski definition) is 4. The Morgan fingerprint density at radius 1 is 1.35 bits per heavy atom. The lowest BCUT2D eigenvalue weighted by atomic mass is 10.1. The first-order valence-corrected chi connectivity index (χ1v) is 6.97. The summed E-state index contributed by atoms with van der Waals surface area (Å²) in [4.78, 5) is 8.32. The van der Waals surface area contributed by atoms with E-state index >= 15 is 0 Å². The molecule has 0 aliphatic carbocycles. The average Bonchev–Trinajstić information content (AvgIpc) is 2.44. The van der Waals surface area contributed by atoms with E-state index < -0.39 is 6.10 Å². The number of aliphatic hydroxyl groups excluding tert-OH is 1. The third-order valence-corrected chi connectivity index (χ3v) is 3.39. The van der Waals surface area contributed by atoms with Gasteiger partial charge in [0.05, 0.1) is 17.1 Å². The summed E-state index contributed by atoms with van der Waals surface area (Å²) in [7, 11) is 0. The van der Waals surface area contributed by atoms with E-state index in [0.717, 1.165) is 5.56 Å². The highest BCUT2D eigenvalue weighted by Crippen LogP contribution is 2.21. The van der Waals surface area contributed by atoms with Crippen molar-refractivity contribution in [2.24, 2.45) is 0 Å². The molecule has 1 heterocycles. The molecule has 2 rings (SSSR count). The van der Waals surface area contributed by atoms with Crippen LogP contribution < -0.4 is 5.32 Å². The molecule has 6 heteroatoms. The molecule has 0 amide bonds. The normalized spacial score (nSPS) is 12.4. The first kappa shape index (κ1) is 15.0. The van der Waals surface area contributed by atoms with Crippen LogP contribution in [0.15, 0.2) is 35.1 Å². The maximum absolute atomic E-state index is 13.1. The summed E-state index contributed by atoms with van der Waals surface area (Å²) in [5.41, 5.74) is 1.65. The van der Waals surface area contributed by atoms with Crippen LogP contribution in [-0.2, 0) is 6.54 Å². The van der Waals surface area contributed by atoms with Gasteiger partial charge in [-0.15, -0.1) is 0 Å². The second kappa shape index (κ2) is 6.88. The molecule has 1 unspecified atom stereocenters. The Morgan fingerprint density at radius 2 is 2.05 bits per heavy atom. The van der Waals surface area contributed by atoms with E-state index in [9.17, 15) is 9.50 Å². The molecule has 2 aromatic rings. The first-order chi connectivity index (χ1) is 9.56. The number of rotatable bonds is 5. The predicted molar refractivity (Wildman–Crippen MR) is 77.5 cm³/mol. The minimum absolute atomic E-state index is 0.343. The van der Waals surface area contributed by atoms with E-state index in [1.807, 2.05) is 6.92 Å². The van der Waals surface area contributed by atoms with Crippen LogP contribution in [0.25, 0.3) is 0 Å². The Labute approximate surface area is 125 Å². The molecule has 0 saturated carbocycles. The van der Waals surface area contributed by atoms with Gasteiger partial charge in [-0.25, -0.2) is 14.4 Å². The molecule has 106 valence electrons. The third kappa shape index (κ3) is 4.06. The Balaban J connectivity index is 1.87. The van der Waals surface area contributed by atoms with Crippen LogP contribution in [0.2, 0.25) is 0 Å².